The molecular weight excluding hydrogens is 264 g/mol. The first-order valence-electron chi connectivity index (χ1n) is 7.92. The van der Waals surface area contributed by atoms with Gasteiger partial charge in [0.15, 0.2) is 0 Å². The minimum atomic E-state index is -0.139. The van der Waals surface area contributed by atoms with E-state index in [4.69, 9.17) is 0 Å². The summed E-state index contributed by atoms with van der Waals surface area (Å²) in [6.45, 7) is 8.52. The summed E-state index contributed by atoms with van der Waals surface area (Å²) in [5, 5.41) is 3.11. The number of hydrogen-bond acceptors (Lipinski definition) is 4. The van der Waals surface area contributed by atoms with Gasteiger partial charge in [-0.1, -0.05) is 6.92 Å². The minimum Gasteiger partial charge on any atom is -0.345 e. The Morgan fingerprint density at radius 3 is 2.76 bits per heavy atom. The number of carbonyl (C=O) groups excluding carboxylic acids is 1. The fraction of sp³-hybridized carbons (Fsp3) is 0.688. The lowest BCUT2D eigenvalue weighted by Crippen LogP contribution is -2.41. The van der Waals surface area contributed by atoms with Crippen molar-refractivity contribution in [3.05, 3.63) is 23.8 Å². The molecule has 0 radical (unpaired) electrons. The Hall–Kier alpha value is -1.49. The van der Waals surface area contributed by atoms with Crippen LogP contribution in [0.2, 0.25) is 0 Å². The van der Waals surface area contributed by atoms with Crippen LogP contribution in [0.5, 0.6) is 0 Å². The Kier molecular flexibility index (Phi) is 3.93. The molecular formula is C16H24N4O. The first kappa shape index (κ1) is 14.4. The predicted octanol–water partition coefficient (Wildman–Crippen LogP) is 1.81. The van der Waals surface area contributed by atoms with Crippen LogP contribution in [0.3, 0.4) is 0 Å². The van der Waals surface area contributed by atoms with Crippen molar-refractivity contribution in [2.45, 2.75) is 51.6 Å². The van der Waals surface area contributed by atoms with Crippen molar-refractivity contribution in [2.24, 2.45) is 5.92 Å². The highest BCUT2D eigenvalue weighted by atomic mass is 16.2. The lowest BCUT2D eigenvalue weighted by Gasteiger charge is -2.20. The topological polar surface area (TPSA) is 58.1 Å². The summed E-state index contributed by atoms with van der Waals surface area (Å²) in [5.41, 5.74) is 1.01. The number of nitrogens with one attached hydrogen (secondary N) is 1. The van der Waals surface area contributed by atoms with Crippen molar-refractivity contribution >= 4 is 5.91 Å². The molecule has 0 bridgehead atoms. The zero-order chi connectivity index (χ0) is 15.0. The molecule has 1 aliphatic carbocycles. The second-order valence-electron chi connectivity index (χ2n) is 6.68. The number of hydrogen-bond donors (Lipinski definition) is 1. The van der Waals surface area contributed by atoms with Crippen LogP contribution >= 0.6 is 0 Å². The average Bonchev–Trinajstić information content (AvgIpc) is 3.24. The van der Waals surface area contributed by atoms with Gasteiger partial charge in [-0.2, -0.15) is 0 Å². The van der Waals surface area contributed by atoms with E-state index in [1.54, 1.807) is 6.20 Å². The van der Waals surface area contributed by atoms with Gasteiger partial charge in [0.2, 0.25) is 5.82 Å². The zero-order valence-corrected chi connectivity index (χ0v) is 13.0. The summed E-state index contributed by atoms with van der Waals surface area (Å²) >= 11 is 0. The highest BCUT2D eigenvalue weighted by molar-refractivity contribution is 5.90. The van der Waals surface area contributed by atoms with Gasteiger partial charge < -0.3 is 5.32 Å². The summed E-state index contributed by atoms with van der Waals surface area (Å²) in [6, 6.07) is 2.63. The first-order chi connectivity index (χ1) is 10.0. The Bertz CT molecular complexity index is 527. The van der Waals surface area contributed by atoms with E-state index in [-0.39, 0.29) is 11.9 Å². The highest BCUT2D eigenvalue weighted by Gasteiger charge is 2.32. The molecule has 1 saturated heterocycles. The molecule has 2 atom stereocenters. The van der Waals surface area contributed by atoms with E-state index in [1.807, 2.05) is 6.07 Å². The molecule has 0 aromatic carbocycles. The van der Waals surface area contributed by atoms with Crippen molar-refractivity contribution in [1.82, 2.24) is 20.2 Å². The molecule has 114 valence electrons. The predicted molar refractivity (Wildman–Crippen MR) is 81.1 cm³/mol. The monoisotopic (exact) mass is 288 g/mol. The van der Waals surface area contributed by atoms with E-state index in [9.17, 15) is 4.79 Å². The molecule has 5 nitrogen and oxygen atoms in total. The maximum atomic E-state index is 12.4. The quantitative estimate of drug-likeness (QED) is 0.918. The van der Waals surface area contributed by atoms with Crippen LogP contribution in [0.25, 0.3) is 0 Å². The molecule has 0 spiro atoms. The molecule has 3 rings (SSSR count). The normalized spacial score (nSPS) is 26.3. The summed E-state index contributed by atoms with van der Waals surface area (Å²) in [7, 11) is 0. The van der Waals surface area contributed by atoms with Crippen LogP contribution in [0, 0.1) is 5.92 Å². The van der Waals surface area contributed by atoms with Crippen LogP contribution in [0.15, 0.2) is 12.3 Å². The van der Waals surface area contributed by atoms with Gasteiger partial charge in [0.1, 0.15) is 0 Å². The van der Waals surface area contributed by atoms with E-state index in [1.165, 1.54) is 12.8 Å². The van der Waals surface area contributed by atoms with Gasteiger partial charge in [-0.25, -0.2) is 9.97 Å². The van der Waals surface area contributed by atoms with Crippen LogP contribution in [-0.2, 0) is 0 Å². The third-order valence-corrected chi connectivity index (χ3v) is 4.56. The standard InChI is InChI=1S/C16H24N4O/c1-10(2)20-8-11(3)14(9-20)19-16(21)15-17-7-6-13(18-15)12-4-5-12/h6-7,10-12,14H,4-5,8-9H2,1-3H3,(H,19,21)/t11-,14-/m1/s1. The maximum absolute atomic E-state index is 12.4. The third-order valence-electron chi connectivity index (χ3n) is 4.56. The Morgan fingerprint density at radius 1 is 1.38 bits per heavy atom. The lowest BCUT2D eigenvalue weighted by atomic mass is 10.1. The highest BCUT2D eigenvalue weighted by Crippen LogP contribution is 2.38. The van der Waals surface area contributed by atoms with Crippen molar-refractivity contribution in [3.8, 4) is 0 Å². The second-order valence-corrected chi connectivity index (χ2v) is 6.68. The van der Waals surface area contributed by atoms with Crippen molar-refractivity contribution in [3.63, 3.8) is 0 Å². The summed E-state index contributed by atoms with van der Waals surface area (Å²) in [6.07, 6.45) is 4.07. The van der Waals surface area contributed by atoms with Crippen molar-refractivity contribution in [1.29, 1.82) is 0 Å². The van der Waals surface area contributed by atoms with Crippen molar-refractivity contribution in [2.75, 3.05) is 13.1 Å². The van der Waals surface area contributed by atoms with Crippen LogP contribution < -0.4 is 5.32 Å². The average molecular weight is 288 g/mol. The number of rotatable bonds is 4. The second kappa shape index (κ2) is 5.72. The van der Waals surface area contributed by atoms with E-state index < -0.39 is 0 Å². The number of carbonyl (C=O) groups is 1. The maximum Gasteiger partial charge on any atom is 0.289 e. The Labute approximate surface area is 126 Å². The largest absolute Gasteiger partial charge is 0.345 e. The molecule has 1 aliphatic heterocycles. The smallest absolute Gasteiger partial charge is 0.289 e. The van der Waals surface area contributed by atoms with Gasteiger partial charge >= 0.3 is 0 Å². The van der Waals surface area contributed by atoms with Gasteiger partial charge in [0.05, 0.1) is 0 Å². The van der Waals surface area contributed by atoms with Crippen LogP contribution in [0.4, 0.5) is 0 Å². The number of amides is 1. The number of aromatic nitrogens is 2. The van der Waals surface area contributed by atoms with Gasteiger partial charge in [0, 0.05) is 43.0 Å². The SMILES string of the molecule is CC(C)N1C[C@@H](C)[C@H](NC(=O)c2nccc(C3CC3)n2)C1. The van der Waals surface area contributed by atoms with Gasteiger partial charge in [0.25, 0.3) is 5.91 Å². The van der Waals surface area contributed by atoms with Crippen molar-refractivity contribution < 1.29 is 4.79 Å². The molecule has 2 aliphatic rings. The molecule has 2 heterocycles. The molecule has 1 N–H and O–H groups in total. The van der Waals surface area contributed by atoms with Crippen LogP contribution in [0.1, 0.15) is 55.8 Å². The van der Waals surface area contributed by atoms with E-state index >= 15 is 0 Å². The van der Waals surface area contributed by atoms with Gasteiger partial charge in [-0.15, -0.1) is 0 Å². The number of nitrogens with zero attached hydrogens (tertiary/aromatic N) is 3. The molecule has 0 unspecified atom stereocenters. The lowest BCUT2D eigenvalue weighted by molar-refractivity contribution is 0.0919. The summed E-state index contributed by atoms with van der Waals surface area (Å²) in [5.74, 6) is 1.18. The summed E-state index contributed by atoms with van der Waals surface area (Å²) in [4.78, 5) is 23.3. The minimum absolute atomic E-state index is 0.139. The van der Waals surface area contributed by atoms with Crippen LogP contribution in [-0.4, -0.2) is 45.9 Å². The summed E-state index contributed by atoms with van der Waals surface area (Å²) < 4.78 is 0. The Balaban J connectivity index is 1.64. The molecule has 21 heavy (non-hydrogen) atoms. The zero-order valence-electron chi connectivity index (χ0n) is 13.0. The van der Waals surface area contributed by atoms with Gasteiger partial charge in [-0.05, 0) is 38.7 Å². The van der Waals surface area contributed by atoms with E-state index in [2.05, 4.69) is 41.0 Å². The number of likely N-dealkylation sites (tertiary alicyclic amines) is 1. The molecule has 5 heteroatoms. The molecule has 1 amide bonds. The third kappa shape index (κ3) is 3.23. The molecule has 1 aromatic heterocycles. The molecule has 2 fully saturated rings. The van der Waals surface area contributed by atoms with Gasteiger partial charge in [-0.3, -0.25) is 9.69 Å². The molecule has 1 saturated carbocycles. The fourth-order valence-corrected chi connectivity index (χ4v) is 2.94. The fourth-order valence-electron chi connectivity index (χ4n) is 2.94. The van der Waals surface area contributed by atoms with E-state index in [0.29, 0.717) is 23.7 Å². The van der Waals surface area contributed by atoms with E-state index in [0.717, 1.165) is 18.8 Å². The first-order valence-corrected chi connectivity index (χ1v) is 7.92. The Morgan fingerprint density at radius 2 is 2.14 bits per heavy atom. The molecule has 1 aromatic rings.